The number of hydrogen-bond donors (Lipinski definition) is 3. The summed E-state index contributed by atoms with van der Waals surface area (Å²) in [4.78, 5) is 14.2. The van der Waals surface area contributed by atoms with E-state index in [1.165, 1.54) is 24.3 Å². The third-order valence-corrected chi connectivity index (χ3v) is 7.69. The summed E-state index contributed by atoms with van der Waals surface area (Å²) in [6, 6.07) is 14.0. The molecule has 0 atom stereocenters. The van der Waals surface area contributed by atoms with E-state index in [0.29, 0.717) is 21.5 Å². The van der Waals surface area contributed by atoms with Crippen LogP contribution in [0.3, 0.4) is 0 Å². The fourth-order valence-electron chi connectivity index (χ4n) is 3.75. The number of benzene rings is 3. The van der Waals surface area contributed by atoms with Crippen LogP contribution in [0.5, 0.6) is 11.5 Å². The van der Waals surface area contributed by atoms with Crippen LogP contribution < -0.4 is 9.46 Å². The Hall–Kier alpha value is -2.91. The summed E-state index contributed by atoms with van der Waals surface area (Å²) in [6.45, 7) is 2.04. The van der Waals surface area contributed by atoms with Gasteiger partial charge in [-0.2, -0.15) is 0 Å². The van der Waals surface area contributed by atoms with Crippen molar-refractivity contribution in [3.8, 4) is 11.5 Å². The average molecular weight is 568 g/mol. The first-order valence-electron chi connectivity index (χ1n) is 10.9. The number of hydrogen-bond acceptors (Lipinski definition) is 4. The predicted molar refractivity (Wildman–Crippen MR) is 142 cm³/mol. The molecule has 0 fully saturated rings. The molecule has 11 heteroatoms. The summed E-state index contributed by atoms with van der Waals surface area (Å²) >= 11 is 18.5. The van der Waals surface area contributed by atoms with Gasteiger partial charge in [0, 0.05) is 21.6 Å². The number of sulfonamides is 1. The first kappa shape index (κ1) is 26.2. The van der Waals surface area contributed by atoms with Gasteiger partial charge in [0.15, 0.2) is 5.75 Å². The van der Waals surface area contributed by atoms with E-state index in [9.17, 15) is 13.2 Å². The van der Waals surface area contributed by atoms with Crippen molar-refractivity contribution in [2.24, 2.45) is 0 Å². The molecule has 7 nitrogen and oxygen atoms in total. The van der Waals surface area contributed by atoms with Crippen molar-refractivity contribution in [3.63, 3.8) is 0 Å². The number of ether oxygens (including phenoxy) is 1. The second kappa shape index (κ2) is 10.6. The van der Waals surface area contributed by atoms with Crippen LogP contribution in [0, 0.1) is 0 Å². The molecule has 0 unspecified atom stereocenters. The lowest BCUT2D eigenvalue weighted by Crippen LogP contribution is -2.14. The van der Waals surface area contributed by atoms with E-state index in [0.717, 1.165) is 18.5 Å². The molecule has 3 N–H and O–H groups in total. The van der Waals surface area contributed by atoms with Crippen molar-refractivity contribution in [3.05, 3.63) is 80.9 Å². The number of H-pyrrole nitrogens is 1. The number of carbonyl (C=O) groups is 1. The molecule has 4 aromatic rings. The minimum atomic E-state index is -4.13. The highest BCUT2D eigenvalue weighted by Gasteiger charge is 2.23. The number of halogens is 3. The zero-order valence-electron chi connectivity index (χ0n) is 18.9. The van der Waals surface area contributed by atoms with Gasteiger partial charge in [-0.15, -0.1) is 0 Å². The first-order valence-corrected chi connectivity index (χ1v) is 13.5. The van der Waals surface area contributed by atoms with E-state index in [-0.39, 0.29) is 38.5 Å². The molecule has 1 heterocycles. The van der Waals surface area contributed by atoms with Gasteiger partial charge in [0.1, 0.15) is 16.3 Å². The second-order valence-electron chi connectivity index (χ2n) is 8.06. The van der Waals surface area contributed by atoms with Gasteiger partial charge in [-0.1, -0.05) is 54.2 Å². The molecule has 0 spiro atoms. The minimum absolute atomic E-state index is 0.0255. The van der Waals surface area contributed by atoms with Gasteiger partial charge >= 0.3 is 5.97 Å². The third-order valence-electron chi connectivity index (χ3n) is 5.33. The average Bonchev–Trinajstić information content (AvgIpc) is 3.19. The van der Waals surface area contributed by atoms with Gasteiger partial charge in [-0.25, -0.2) is 8.42 Å². The van der Waals surface area contributed by atoms with Crippen LogP contribution in [-0.4, -0.2) is 24.5 Å². The van der Waals surface area contributed by atoms with Crippen molar-refractivity contribution in [2.75, 3.05) is 4.72 Å². The van der Waals surface area contributed by atoms with Crippen molar-refractivity contribution in [1.29, 1.82) is 0 Å². The van der Waals surface area contributed by atoms with Crippen molar-refractivity contribution in [2.45, 2.75) is 31.1 Å². The van der Waals surface area contributed by atoms with E-state index in [1.807, 2.05) is 13.0 Å². The van der Waals surface area contributed by atoms with Crippen LogP contribution >= 0.6 is 34.8 Å². The molecular formula is C25H21Cl3N2O5S. The highest BCUT2D eigenvalue weighted by Crippen LogP contribution is 2.40. The van der Waals surface area contributed by atoms with E-state index < -0.39 is 16.0 Å². The summed E-state index contributed by atoms with van der Waals surface area (Å²) in [7, 11) is -4.13. The maximum absolute atomic E-state index is 13.3. The topological polar surface area (TPSA) is 108 Å². The van der Waals surface area contributed by atoms with Gasteiger partial charge in [-0.05, 0) is 60.5 Å². The Bertz CT molecular complexity index is 1570. The Labute approximate surface area is 223 Å². The maximum Gasteiger partial charge on any atom is 0.307 e. The summed E-state index contributed by atoms with van der Waals surface area (Å²) < 4.78 is 35.3. The van der Waals surface area contributed by atoms with E-state index in [2.05, 4.69) is 9.71 Å². The molecule has 3 aromatic carbocycles. The summed E-state index contributed by atoms with van der Waals surface area (Å²) in [5, 5.41) is 10.1. The largest absolute Gasteiger partial charge is 0.481 e. The molecule has 0 aliphatic carbocycles. The summed E-state index contributed by atoms with van der Waals surface area (Å²) in [6.07, 6.45) is 1.48. The Morgan fingerprint density at radius 1 is 1.00 bits per heavy atom. The van der Waals surface area contributed by atoms with Gasteiger partial charge < -0.3 is 14.8 Å². The van der Waals surface area contributed by atoms with Crippen molar-refractivity contribution < 1.29 is 23.1 Å². The van der Waals surface area contributed by atoms with Crippen molar-refractivity contribution in [1.82, 2.24) is 4.98 Å². The monoisotopic (exact) mass is 566 g/mol. The number of aromatic nitrogens is 1. The number of aliphatic carboxylic acids is 1. The van der Waals surface area contributed by atoms with Gasteiger partial charge in [-0.3, -0.25) is 9.52 Å². The zero-order valence-corrected chi connectivity index (χ0v) is 22.0. The molecule has 0 aliphatic heterocycles. The first-order chi connectivity index (χ1) is 17.1. The molecule has 0 radical (unpaired) electrons. The van der Waals surface area contributed by atoms with Gasteiger partial charge in [0.2, 0.25) is 0 Å². The highest BCUT2D eigenvalue weighted by molar-refractivity contribution is 7.92. The molecule has 4 rings (SSSR count). The van der Waals surface area contributed by atoms with Crippen LogP contribution in [0.1, 0.15) is 24.6 Å². The lowest BCUT2D eigenvalue weighted by molar-refractivity contribution is -0.136. The zero-order chi connectivity index (χ0) is 26.0. The predicted octanol–water partition coefficient (Wildman–Crippen LogP) is 7.30. The lowest BCUT2D eigenvalue weighted by atomic mass is 10.1. The normalized spacial score (nSPS) is 11.6. The Kier molecular flexibility index (Phi) is 7.70. The number of carboxylic acids is 1. The SMILES string of the molecule is CCCc1cc2c(NS(=O)(=O)c3ccc(Cl)cc3Cl)c(Oc3ccc(CC(=O)O)cc3Cl)ccc2[nH]1. The number of fused-ring (bicyclic) bond motifs is 1. The summed E-state index contributed by atoms with van der Waals surface area (Å²) in [5.74, 6) is -0.552. The van der Waals surface area contributed by atoms with Gasteiger partial charge in [0.25, 0.3) is 10.0 Å². The van der Waals surface area contributed by atoms with Crippen molar-refractivity contribution >= 4 is 67.4 Å². The Morgan fingerprint density at radius 3 is 2.42 bits per heavy atom. The molecule has 0 amide bonds. The number of aryl methyl sites for hydroxylation is 1. The standard InChI is InChI=1S/C25H21Cl3N2O5S/c1-2-3-16-13-17-20(29-16)6-8-22(35-21-7-4-14(10-18(21)27)11-24(31)32)25(17)30-36(33,34)23-9-5-15(26)12-19(23)28/h4-10,12-13,29-30H,2-3,11H2,1H3,(H,31,32). The molecule has 1 aromatic heterocycles. The molecule has 36 heavy (non-hydrogen) atoms. The Morgan fingerprint density at radius 2 is 1.75 bits per heavy atom. The molecule has 0 aliphatic rings. The fraction of sp³-hybridized carbons (Fsp3) is 0.160. The van der Waals surface area contributed by atoms with Gasteiger partial charge in [0.05, 0.1) is 16.5 Å². The smallest absolute Gasteiger partial charge is 0.307 e. The molecule has 0 saturated heterocycles. The number of anilines is 1. The fourth-order valence-corrected chi connectivity index (χ4v) is 5.86. The molecule has 188 valence electrons. The molecular weight excluding hydrogens is 547 g/mol. The van der Waals surface area contributed by atoms with Crippen LogP contribution in [0.15, 0.2) is 59.5 Å². The lowest BCUT2D eigenvalue weighted by Gasteiger charge is -2.16. The molecule has 0 bridgehead atoms. The number of aromatic amines is 1. The number of nitrogens with one attached hydrogen (secondary N) is 2. The molecule has 0 saturated carbocycles. The minimum Gasteiger partial charge on any atom is -0.481 e. The number of rotatable bonds is 9. The van der Waals surface area contributed by atoms with E-state index in [1.54, 1.807) is 24.3 Å². The second-order valence-corrected chi connectivity index (χ2v) is 11.0. The quantitative estimate of drug-likeness (QED) is 0.197. The highest BCUT2D eigenvalue weighted by atomic mass is 35.5. The summed E-state index contributed by atoms with van der Waals surface area (Å²) in [5.41, 5.74) is 2.35. The van der Waals surface area contributed by atoms with E-state index >= 15 is 0 Å². The van der Waals surface area contributed by atoms with Crippen LogP contribution in [0.25, 0.3) is 10.9 Å². The maximum atomic E-state index is 13.3. The Balaban J connectivity index is 1.80. The third kappa shape index (κ3) is 5.73. The van der Waals surface area contributed by atoms with Crippen LogP contribution in [0.2, 0.25) is 15.1 Å². The van der Waals surface area contributed by atoms with Crippen LogP contribution in [0.4, 0.5) is 5.69 Å². The number of carboxylic acid groups (broad SMARTS) is 1. The van der Waals surface area contributed by atoms with Crippen LogP contribution in [-0.2, 0) is 27.7 Å². The van der Waals surface area contributed by atoms with E-state index in [4.69, 9.17) is 44.6 Å².